The fraction of sp³-hybridized carbons (Fsp3) is 0.421. The second-order valence-corrected chi connectivity index (χ2v) is 7.29. The van der Waals surface area contributed by atoms with Crippen LogP contribution in [0.3, 0.4) is 0 Å². The Morgan fingerprint density at radius 3 is 2.92 bits per heavy atom. The minimum absolute atomic E-state index is 0.459. The van der Waals surface area contributed by atoms with Gasteiger partial charge in [-0.25, -0.2) is 4.98 Å². The minimum atomic E-state index is 0.459. The predicted octanol–water partition coefficient (Wildman–Crippen LogP) is 3.70. The van der Waals surface area contributed by atoms with E-state index in [4.69, 9.17) is 16.6 Å². The van der Waals surface area contributed by atoms with E-state index in [-0.39, 0.29) is 0 Å². The maximum atomic E-state index is 5.93. The van der Waals surface area contributed by atoms with Crippen LogP contribution >= 0.6 is 11.6 Å². The van der Waals surface area contributed by atoms with Gasteiger partial charge in [-0.1, -0.05) is 11.6 Å². The molecule has 1 aliphatic heterocycles. The summed E-state index contributed by atoms with van der Waals surface area (Å²) in [5, 5.41) is 6.31. The molecule has 0 aliphatic carbocycles. The lowest BCUT2D eigenvalue weighted by Crippen LogP contribution is -2.34. The number of piperidine rings is 1. The van der Waals surface area contributed by atoms with Crippen LogP contribution in [-0.4, -0.2) is 37.7 Å². The molecule has 6 heteroatoms. The lowest BCUT2D eigenvalue weighted by atomic mass is 9.94. The zero-order valence-electron chi connectivity index (χ0n) is 14.6. The zero-order chi connectivity index (χ0) is 17.4. The van der Waals surface area contributed by atoms with Crippen molar-refractivity contribution >= 4 is 22.6 Å². The van der Waals surface area contributed by atoms with Gasteiger partial charge in [0.05, 0.1) is 16.4 Å². The molecule has 0 aromatic carbocycles. The van der Waals surface area contributed by atoms with Crippen molar-refractivity contribution < 1.29 is 0 Å². The Hall–Kier alpha value is -1.98. The predicted molar refractivity (Wildman–Crippen MR) is 99.7 cm³/mol. The second-order valence-electron chi connectivity index (χ2n) is 6.86. The maximum Gasteiger partial charge on any atom is 0.158 e. The Morgan fingerprint density at radius 1 is 1.24 bits per heavy atom. The summed E-state index contributed by atoms with van der Waals surface area (Å²) >= 11 is 5.93. The molecule has 0 saturated carbocycles. The molecule has 0 amide bonds. The van der Waals surface area contributed by atoms with Gasteiger partial charge >= 0.3 is 0 Å². The molecule has 0 radical (unpaired) electrons. The molecule has 130 valence electrons. The summed E-state index contributed by atoms with van der Waals surface area (Å²) in [6.45, 7) is 5.01. The van der Waals surface area contributed by atoms with Crippen LogP contribution in [0.15, 0.2) is 30.5 Å². The third-order valence-electron chi connectivity index (χ3n) is 4.99. The number of rotatable bonds is 3. The first-order valence-corrected chi connectivity index (χ1v) is 9.11. The van der Waals surface area contributed by atoms with Gasteiger partial charge in [-0.3, -0.25) is 14.6 Å². The first-order valence-electron chi connectivity index (χ1n) is 8.73. The molecule has 3 aromatic rings. The SMILES string of the molecule is Cc1nn(C)c2nc([C@@H]3CCCN(Cc4ccc(Cl)cn4)C3)ccc12. The van der Waals surface area contributed by atoms with Crippen LogP contribution in [0.1, 0.15) is 35.8 Å². The van der Waals surface area contributed by atoms with E-state index in [0.717, 1.165) is 42.1 Å². The molecule has 4 rings (SSSR count). The van der Waals surface area contributed by atoms with E-state index in [1.165, 1.54) is 18.5 Å². The van der Waals surface area contributed by atoms with Crippen molar-refractivity contribution in [1.82, 2.24) is 24.6 Å². The first kappa shape index (κ1) is 16.5. The number of fused-ring (bicyclic) bond motifs is 1. The van der Waals surface area contributed by atoms with Crippen molar-refractivity contribution in [3.8, 4) is 0 Å². The monoisotopic (exact) mass is 355 g/mol. The van der Waals surface area contributed by atoms with Crippen molar-refractivity contribution in [1.29, 1.82) is 0 Å². The van der Waals surface area contributed by atoms with E-state index >= 15 is 0 Å². The summed E-state index contributed by atoms with van der Waals surface area (Å²) in [5.74, 6) is 0.459. The molecule has 25 heavy (non-hydrogen) atoms. The number of nitrogens with zero attached hydrogens (tertiary/aromatic N) is 5. The van der Waals surface area contributed by atoms with Crippen LogP contribution in [0.5, 0.6) is 0 Å². The van der Waals surface area contributed by atoms with Gasteiger partial charge < -0.3 is 0 Å². The highest BCUT2D eigenvalue weighted by atomic mass is 35.5. The normalized spacial score (nSPS) is 18.8. The number of likely N-dealkylation sites (tertiary alicyclic amines) is 1. The van der Waals surface area contributed by atoms with Gasteiger partial charge in [0.25, 0.3) is 0 Å². The van der Waals surface area contributed by atoms with Crippen LogP contribution in [0.4, 0.5) is 0 Å². The molecular formula is C19H22ClN5. The van der Waals surface area contributed by atoms with Crippen molar-refractivity contribution in [3.63, 3.8) is 0 Å². The summed E-state index contributed by atoms with van der Waals surface area (Å²) < 4.78 is 1.88. The van der Waals surface area contributed by atoms with Gasteiger partial charge in [0.15, 0.2) is 5.65 Å². The van der Waals surface area contributed by atoms with E-state index in [2.05, 4.69) is 27.1 Å². The highest BCUT2D eigenvalue weighted by Crippen LogP contribution is 2.28. The number of hydrogen-bond acceptors (Lipinski definition) is 4. The molecule has 0 unspecified atom stereocenters. The summed E-state index contributed by atoms with van der Waals surface area (Å²) in [6.07, 6.45) is 4.08. The molecule has 1 saturated heterocycles. The van der Waals surface area contributed by atoms with E-state index < -0.39 is 0 Å². The molecule has 0 spiro atoms. The molecular weight excluding hydrogens is 334 g/mol. The van der Waals surface area contributed by atoms with E-state index in [1.54, 1.807) is 6.20 Å². The lowest BCUT2D eigenvalue weighted by molar-refractivity contribution is 0.196. The van der Waals surface area contributed by atoms with Gasteiger partial charge in [-0.05, 0) is 50.6 Å². The first-order chi connectivity index (χ1) is 12.1. The number of pyridine rings is 2. The third-order valence-corrected chi connectivity index (χ3v) is 5.21. The molecule has 5 nitrogen and oxygen atoms in total. The number of aromatic nitrogens is 4. The average molecular weight is 356 g/mol. The molecule has 1 atom stereocenters. The van der Waals surface area contributed by atoms with Crippen molar-refractivity contribution in [2.75, 3.05) is 13.1 Å². The Morgan fingerprint density at radius 2 is 2.12 bits per heavy atom. The van der Waals surface area contributed by atoms with E-state index in [1.807, 2.05) is 30.8 Å². The molecule has 1 fully saturated rings. The zero-order valence-corrected chi connectivity index (χ0v) is 15.4. The Balaban J connectivity index is 1.52. The maximum absolute atomic E-state index is 5.93. The number of hydrogen-bond donors (Lipinski definition) is 0. The van der Waals surface area contributed by atoms with Gasteiger partial charge in [-0.2, -0.15) is 5.10 Å². The van der Waals surface area contributed by atoms with Crippen LogP contribution in [0.25, 0.3) is 11.0 Å². The molecule has 4 heterocycles. The largest absolute Gasteiger partial charge is 0.297 e. The average Bonchev–Trinajstić information content (AvgIpc) is 2.91. The quantitative estimate of drug-likeness (QED) is 0.718. The number of aryl methyl sites for hydroxylation is 2. The van der Waals surface area contributed by atoms with Crippen LogP contribution in [0.2, 0.25) is 5.02 Å². The number of halogens is 1. The Labute approximate surface area is 152 Å². The molecule has 1 aliphatic rings. The standard InChI is InChI=1S/C19H22ClN5/c1-13-17-7-8-18(22-19(17)24(2)23-13)14-4-3-9-25(11-14)12-16-6-5-15(20)10-21-16/h5-8,10,14H,3-4,9,11-12H2,1-2H3/t14-/m1/s1. The highest BCUT2D eigenvalue weighted by Gasteiger charge is 2.23. The minimum Gasteiger partial charge on any atom is -0.297 e. The summed E-state index contributed by atoms with van der Waals surface area (Å²) in [5.41, 5.74) is 4.25. The molecule has 0 bridgehead atoms. The Bertz CT molecular complexity index is 887. The van der Waals surface area contributed by atoms with Crippen molar-refractivity contribution in [2.24, 2.45) is 7.05 Å². The molecule has 3 aromatic heterocycles. The van der Waals surface area contributed by atoms with Gasteiger partial charge in [-0.15, -0.1) is 0 Å². The van der Waals surface area contributed by atoms with Crippen LogP contribution in [-0.2, 0) is 13.6 Å². The second kappa shape index (κ2) is 6.73. The smallest absolute Gasteiger partial charge is 0.158 e. The van der Waals surface area contributed by atoms with Crippen LogP contribution in [0, 0.1) is 6.92 Å². The van der Waals surface area contributed by atoms with Crippen LogP contribution < -0.4 is 0 Å². The third kappa shape index (κ3) is 3.39. The fourth-order valence-electron chi connectivity index (χ4n) is 3.72. The topological polar surface area (TPSA) is 46.8 Å². The fourth-order valence-corrected chi connectivity index (χ4v) is 3.83. The lowest BCUT2D eigenvalue weighted by Gasteiger charge is -2.32. The van der Waals surface area contributed by atoms with E-state index in [9.17, 15) is 0 Å². The van der Waals surface area contributed by atoms with Crippen molar-refractivity contribution in [2.45, 2.75) is 32.2 Å². The molecule has 0 N–H and O–H groups in total. The highest BCUT2D eigenvalue weighted by molar-refractivity contribution is 6.30. The summed E-state index contributed by atoms with van der Waals surface area (Å²) in [4.78, 5) is 11.8. The van der Waals surface area contributed by atoms with Crippen molar-refractivity contribution in [3.05, 3.63) is 52.6 Å². The summed E-state index contributed by atoms with van der Waals surface area (Å²) in [6, 6.07) is 8.26. The van der Waals surface area contributed by atoms with Gasteiger partial charge in [0.2, 0.25) is 0 Å². The van der Waals surface area contributed by atoms with E-state index in [0.29, 0.717) is 10.9 Å². The summed E-state index contributed by atoms with van der Waals surface area (Å²) in [7, 11) is 1.96. The van der Waals surface area contributed by atoms with Gasteiger partial charge in [0, 0.05) is 43.3 Å². The Kier molecular flexibility index (Phi) is 4.44. The van der Waals surface area contributed by atoms with Gasteiger partial charge in [0.1, 0.15) is 0 Å².